The van der Waals surface area contributed by atoms with E-state index in [1.54, 1.807) is 14.2 Å². The van der Waals surface area contributed by atoms with Crippen molar-refractivity contribution in [2.75, 3.05) is 14.2 Å². The molecule has 0 bridgehead atoms. The number of methoxy groups -OCH3 is 2. The molecule has 2 aromatic rings. The van der Waals surface area contributed by atoms with E-state index in [4.69, 9.17) is 9.47 Å². The summed E-state index contributed by atoms with van der Waals surface area (Å²) in [5.74, 6) is 1.84. The lowest BCUT2D eigenvalue weighted by atomic mass is 10.0. The zero-order valence-corrected chi connectivity index (χ0v) is 9.99. The summed E-state index contributed by atoms with van der Waals surface area (Å²) in [6.45, 7) is 0. The minimum atomic E-state index is 0.863. The number of hydrogen-bond acceptors (Lipinski definition) is 2. The summed E-state index contributed by atoms with van der Waals surface area (Å²) in [5.41, 5.74) is 2.53. The molecule has 0 N–H and O–H groups in total. The second-order valence-corrected chi connectivity index (χ2v) is 4.17. The molecule has 86 valence electrons. The predicted molar refractivity (Wildman–Crippen MR) is 69.8 cm³/mol. The lowest BCUT2D eigenvalue weighted by Crippen LogP contribution is -1.93. The van der Waals surface area contributed by atoms with Gasteiger partial charge in [0.15, 0.2) is 0 Å². The van der Waals surface area contributed by atoms with Crippen molar-refractivity contribution >= 4 is 16.8 Å². The first-order valence-corrected chi connectivity index (χ1v) is 5.67. The molecular formula is C15H14O2. The van der Waals surface area contributed by atoms with E-state index in [1.165, 1.54) is 16.5 Å². The fourth-order valence-corrected chi connectivity index (χ4v) is 2.43. The third-order valence-corrected chi connectivity index (χ3v) is 3.26. The largest absolute Gasteiger partial charge is 0.497 e. The van der Waals surface area contributed by atoms with Crippen molar-refractivity contribution in [1.82, 2.24) is 0 Å². The van der Waals surface area contributed by atoms with Crippen LogP contribution in [0.5, 0.6) is 11.5 Å². The maximum atomic E-state index is 5.57. The maximum absolute atomic E-state index is 5.57. The minimum absolute atomic E-state index is 0.863. The van der Waals surface area contributed by atoms with E-state index < -0.39 is 0 Å². The average molecular weight is 226 g/mol. The van der Waals surface area contributed by atoms with Crippen molar-refractivity contribution in [3.63, 3.8) is 0 Å². The van der Waals surface area contributed by atoms with Gasteiger partial charge in [-0.1, -0.05) is 18.2 Å². The molecule has 0 saturated heterocycles. The van der Waals surface area contributed by atoms with Crippen LogP contribution in [0.15, 0.2) is 30.3 Å². The summed E-state index contributed by atoms with van der Waals surface area (Å²) in [4.78, 5) is 0. The molecule has 3 rings (SSSR count). The van der Waals surface area contributed by atoms with E-state index in [-0.39, 0.29) is 0 Å². The second-order valence-electron chi connectivity index (χ2n) is 4.17. The van der Waals surface area contributed by atoms with Gasteiger partial charge >= 0.3 is 0 Å². The standard InChI is InChI=1S/C15H14O2/c1-16-12-7-6-11-8-10-4-3-5-13(10)15(17-2)14(11)9-12/h3-4,6-9H,5H2,1-2H3. The molecule has 0 amide bonds. The molecule has 2 aromatic carbocycles. The maximum Gasteiger partial charge on any atom is 0.130 e. The van der Waals surface area contributed by atoms with Crippen LogP contribution in [0.3, 0.4) is 0 Å². The molecule has 1 aliphatic rings. The van der Waals surface area contributed by atoms with Gasteiger partial charge in [-0.2, -0.15) is 0 Å². The molecule has 0 spiro atoms. The number of ether oxygens (including phenoxy) is 2. The van der Waals surface area contributed by atoms with Crippen LogP contribution in [-0.4, -0.2) is 14.2 Å². The fraction of sp³-hybridized carbons (Fsp3) is 0.200. The van der Waals surface area contributed by atoms with Crippen molar-refractivity contribution in [1.29, 1.82) is 0 Å². The summed E-state index contributed by atoms with van der Waals surface area (Å²) < 4.78 is 10.8. The van der Waals surface area contributed by atoms with E-state index in [9.17, 15) is 0 Å². The Kier molecular flexibility index (Phi) is 2.29. The molecule has 1 aliphatic carbocycles. The van der Waals surface area contributed by atoms with Gasteiger partial charge < -0.3 is 9.47 Å². The van der Waals surface area contributed by atoms with Crippen LogP contribution >= 0.6 is 0 Å². The van der Waals surface area contributed by atoms with Gasteiger partial charge in [-0.05, 0) is 35.6 Å². The van der Waals surface area contributed by atoms with Crippen molar-refractivity contribution in [2.45, 2.75) is 6.42 Å². The molecule has 0 aromatic heterocycles. The van der Waals surface area contributed by atoms with Crippen molar-refractivity contribution in [3.8, 4) is 11.5 Å². The zero-order chi connectivity index (χ0) is 11.8. The quantitative estimate of drug-likeness (QED) is 0.781. The lowest BCUT2D eigenvalue weighted by Gasteiger charge is -2.12. The Morgan fingerprint density at radius 2 is 1.94 bits per heavy atom. The van der Waals surface area contributed by atoms with Gasteiger partial charge in [-0.3, -0.25) is 0 Å². The Morgan fingerprint density at radius 1 is 1.06 bits per heavy atom. The molecule has 17 heavy (non-hydrogen) atoms. The highest BCUT2D eigenvalue weighted by Gasteiger charge is 2.15. The van der Waals surface area contributed by atoms with Gasteiger partial charge in [0.25, 0.3) is 0 Å². The number of benzene rings is 2. The lowest BCUT2D eigenvalue weighted by molar-refractivity contribution is 0.410. The highest BCUT2D eigenvalue weighted by molar-refractivity contribution is 5.94. The summed E-state index contributed by atoms with van der Waals surface area (Å²) in [6, 6.07) is 8.29. The predicted octanol–water partition coefficient (Wildman–Crippen LogP) is 3.43. The highest BCUT2D eigenvalue weighted by Crippen LogP contribution is 2.38. The topological polar surface area (TPSA) is 18.5 Å². The third kappa shape index (κ3) is 1.48. The smallest absolute Gasteiger partial charge is 0.130 e. The summed E-state index contributed by atoms with van der Waals surface area (Å²) in [7, 11) is 3.41. The highest BCUT2D eigenvalue weighted by atomic mass is 16.5. The summed E-state index contributed by atoms with van der Waals surface area (Å²) in [5, 5.41) is 2.31. The van der Waals surface area contributed by atoms with E-state index in [1.807, 2.05) is 12.1 Å². The zero-order valence-electron chi connectivity index (χ0n) is 9.99. The number of allylic oxidation sites excluding steroid dienone is 1. The van der Waals surface area contributed by atoms with Gasteiger partial charge in [-0.15, -0.1) is 0 Å². The van der Waals surface area contributed by atoms with Crippen molar-refractivity contribution in [3.05, 3.63) is 41.5 Å². The Balaban J connectivity index is 2.35. The molecule has 2 heteroatoms. The van der Waals surface area contributed by atoms with Crippen LogP contribution in [0, 0.1) is 0 Å². The van der Waals surface area contributed by atoms with Crippen molar-refractivity contribution < 1.29 is 9.47 Å². The number of hydrogen-bond donors (Lipinski definition) is 0. The Bertz CT molecular complexity index is 612. The van der Waals surface area contributed by atoms with Crippen LogP contribution in [0.25, 0.3) is 16.8 Å². The van der Waals surface area contributed by atoms with Gasteiger partial charge in [0, 0.05) is 10.9 Å². The first-order valence-electron chi connectivity index (χ1n) is 5.67. The second kappa shape index (κ2) is 3.81. The summed E-state index contributed by atoms with van der Waals surface area (Å²) >= 11 is 0. The van der Waals surface area contributed by atoms with Crippen molar-refractivity contribution in [2.24, 2.45) is 0 Å². The van der Waals surface area contributed by atoms with E-state index in [0.717, 1.165) is 23.3 Å². The minimum Gasteiger partial charge on any atom is -0.497 e. The van der Waals surface area contributed by atoms with Crippen LogP contribution < -0.4 is 9.47 Å². The molecule has 0 radical (unpaired) electrons. The van der Waals surface area contributed by atoms with Gasteiger partial charge in [-0.25, -0.2) is 0 Å². The average Bonchev–Trinajstić information content (AvgIpc) is 2.82. The molecule has 2 nitrogen and oxygen atoms in total. The Labute approximate surface area is 100 Å². The molecule has 0 heterocycles. The third-order valence-electron chi connectivity index (χ3n) is 3.26. The van der Waals surface area contributed by atoms with Crippen LogP contribution in [0.2, 0.25) is 0 Å². The van der Waals surface area contributed by atoms with E-state index >= 15 is 0 Å². The van der Waals surface area contributed by atoms with Gasteiger partial charge in [0.05, 0.1) is 14.2 Å². The normalized spacial score (nSPS) is 12.8. The fourth-order valence-electron chi connectivity index (χ4n) is 2.43. The SMILES string of the molecule is COc1ccc2cc3c(c(OC)c2c1)CC=C3. The van der Waals surface area contributed by atoms with E-state index in [0.29, 0.717) is 0 Å². The van der Waals surface area contributed by atoms with Crippen LogP contribution in [0.4, 0.5) is 0 Å². The van der Waals surface area contributed by atoms with Gasteiger partial charge in [0.2, 0.25) is 0 Å². The van der Waals surface area contributed by atoms with Crippen LogP contribution in [0.1, 0.15) is 11.1 Å². The van der Waals surface area contributed by atoms with E-state index in [2.05, 4.69) is 24.3 Å². The molecule has 0 atom stereocenters. The first-order chi connectivity index (χ1) is 8.33. The molecule has 0 aliphatic heterocycles. The first kappa shape index (κ1) is 10.2. The molecular weight excluding hydrogens is 212 g/mol. The molecule has 0 fully saturated rings. The number of fused-ring (bicyclic) bond motifs is 2. The Hall–Kier alpha value is -1.96. The molecule has 0 saturated carbocycles. The Morgan fingerprint density at radius 3 is 2.71 bits per heavy atom. The number of rotatable bonds is 2. The summed E-state index contributed by atoms with van der Waals surface area (Å²) in [6.07, 6.45) is 5.27. The molecule has 0 unspecified atom stereocenters. The monoisotopic (exact) mass is 226 g/mol. The van der Waals surface area contributed by atoms with Crippen LogP contribution in [-0.2, 0) is 6.42 Å². The van der Waals surface area contributed by atoms with Gasteiger partial charge in [0.1, 0.15) is 11.5 Å².